The molecule has 1 saturated heterocycles. The van der Waals surface area contributed by atoms with Crippen LogP contribution < -0.4 is 0 Å². The van der Waals surface area contributed by atoms with E-state index in [0.29, 0.717) is 6.04 Å². The van der Waals surface area contributed by atoms with Gasteiger partial charge in [0.05, 0.1) is 19.3 Å². The minimum atomic E-state index is -0.388. The lowest BCUT2D eigenvalue weighted by Gasteiger charge is -2.36. The van der Waals surface area contributed by atoms with Gasteiger partial charge in [-0.2, -0.15) is 0 Å². The Hall–Kier alpha value is -0.900. The van der Waals surface area contributed by atoms with E-state index in [4.69, 9.17) is 4.74 Å². The maximum absolute atomic E-state index is 10.3. The molecule has 18 heavy (non-hydrogen) atoms. The van der Waals surface area contributed by atoms with E-state index in [-0.39, 0.29) is 12.0 Å². The third-order valence-electron chi connectivity index (χ3n) is 3.71. The third kappa shape index (κ3) is 3.31. The first-order valence-corrected chi connectivity index (χ1v) is 6.73. The Balaban J connectivity index is 1.93. The molecule has 1 fully saturated rings. The second-order valence-electron chi connectivity index (χ2n) is 5.25. The molecule has 1 aliphatic rings. The molecule has 0 aromatic heterocycles. The van der Waals surface area contributed by atoms with Gasteiger partial charge in [0, 0.05) is 19.1 Å². The van der Waals surface area contributed by atoms with E-state index >= 15 is 0 Å². The van der Waals surface area contributed by atoms with Crippen LogP contribution >= 0.6 is 0 Å². The molecule has 1 heterocycles. The fourth-order valence-corrected chi connectivity index (χ4v) is 2.48. The Bertz CT molecular complexity index is 355. The van der Waals surface area contributed by atoms with Gasteiger partial charge in [0.15, 0.2) is 0 Å². The van der Waals surface area contributed by atoms with Crippen molar-refractivity contribution in [3.8, 4) is 0 Å². The molecule has 3 unspecified atom stereocenters. The van der Waals surface area contributed by atoms with Crippen molar-refractivity contribution in [2.45, 2.75) is 26.0 Å². The van der Waals surface area contributed by atoms with Crippen LogP contribution in [0.25, 0.3) is 0 Å². The fourth-order valence-electron chi connectivity index (χ4n) is 2.48. The molecule has 0 spiro atoms. The van der Waals surface area contributed by atoms with Crippen molar-refractivity contribution in [2.75, 3.05) is 26.3 Å². The van der Waals surface area contributed by atoms with Crippen LogP contribution in [0.1, 0.15) is 25.5 Å². The monoisotopic (exact) mass is 249 g/mol. The maximum atomic E-state index is 10.3. The predicted molar refractivity (Wildman–Crippen MR) is 72.4 cm³/mol. The zero-order valence-electron chi connectivity index (χ0n) is 11.2. The molecule has 1 aromatic carbocycles. The van der Waals surface area contributed by atoms with Crippen molar-refractivity contribution in [1.82, 2.24) is 4.90 Å². The summed E-state index contributed by atoms with van der Waals surface area (Å²) in [6.45, 7) is 7.78. The highest BCUT2D eigenvalue weighted by Crippen LogP contribution is 2.23. The van der Waals surface area contributed by atoms with E-state index in [9.17, 15) is 5.11 Å². The van der Waals surface area contributed by atoms with Gasteiger partial charge < -0.3 is 9.84 Å². The number of hydrogen-bond donors (Lipinski definition) is 1. The average molecular weight is 249 g/mol. The van der Waals surface area contributed by atoms with Crippen LogP contribution in [-0.2, 0) is 4.74 Å². The molecule has 3 heteroatoms. The summed E-state index contributed by atoms with van der Waals surface area (Å²) in [5.41, 5.74) is 1.01. The summed E-state index contributed by atoms with van der Waals surface area (Å²) in [5.74, 6) is 0.230. The molecule has 2 rings (SSSR count). The lowest BCUT2D eigenvalue weighted by atomic mass is 9.96. The number of ether oxygens (including phenoxy) is 1. The zero-order chi connectivity index (χ0) is 13.0. The Labute approximate surface area is 109 Å². The number of rotatable bonds is 4. The Kier molecular flexibility index (Phi) is 4.75. The van der Waals surface area contributed by atoms with Crippen LogP contribution in [-0.4, -0.2) is 42.4 Å². The molecule has 0 aliphatic carbocycles. The highest BCUT2D eigenvalue weighted by molar-refractivity contribution is 5.17. The van der Waals surface area contributed by atoms with Crippen LogP contribution in [0.4, 0.5) is 0 Å². The van der Waals surface area contributed by atoms with Gasteiger partial charge in [-0.3, -0.25) is 4.90 Å². The topological polar surface area (TPSA) is 32.7 Å². The Morgan fingerprint density at radius 1 is 1.39 bits per heavy atom. The van der Waals surface area contributed by atoms with E-state index < -0.39 is 0 Å². The van der Waals surface area contributed by atoms with Crippen molar-refractivity contribution in [2.24, 2.45) is 5.92 Å². The first-order chi connectivity index (χ1) is 8.68. The lowest BCUT2D eigenvalue weighted by Crippen LogP contribution is -2.46. The molecule has 100 valence electrons. The molecular formula is C15H23NO2. The quantitative estimate of drug-likeness (QED) is 0.886. The zero-order valence-corrected chi connectivity index (χ0v) is 11.2. The van der Waals surface area contributed by atoms with Crippen LogP contribution in [0.15, 0.2) is 30.3 Å². The SMILES string of the molecule is CC(CN1CCOCC1C)C(O)c1ccccc1. The van der Waals surface area contributed by atoms with Crippen LogP contribution in [0.5, 0.6) is 0 Å². The minimum absolute atomic E-state index is 0.230. The van der Waals surface area contributed by atoms with Gasteiger partial charge in [-0.1, -0.05) is 37.3 Å². The molecule has 0 saturated carbocycles. The first kappa shape index (κ1) is 13.5. The van der Waals surface area contributed by atoms with E-state index in [2.05, 4.69) is 18.7 Å². The maximum Gasteiger partial charge on any atom is 0.0827 e. The van der Waals surface area contributed by atoms with Gasteiger partial charge in [-0.25, -0.2) is 0 Å². The molecule has 1 N–H and O–H groups in total. The summed E-state index contributed by atoms with van der Waals surface area (Å²) in [7, 11) is 0. The lowest BCUT2D eigenvalue weighted by molar-refractivity contribution is -0.0183. The van der Waals surface area contributed by atoms with Gasteiger partial charge in [0.25, 0.3) is 0 Å². The van der Waals surface area contributed by atoms with Gasteiger partial charge in [0.2, 0.25) is 0 Å². The summed E-state index contributed by atoms with van der Waals surface area (Å²) in [6, 6.07) is 10.4. The Morgan fingerprint density at radius 3 is 2.78 bits per heavy atom. The van der Waals surface area contributed by atoms with E-state index in [1.807, 2.05) is 30.3 Å². The minimum Gasteiger partial charge on any atom is -0.388 e. The summed E-state index contributed by atoms with van der Waals surface area (Å²) in [5, 5.41) is 10.3. The summed E-state index contributed by atoms with van der Waals surface area (Å²) < 4.78 is 5.43. The van der Waals surface area contributed by atoms with E-state index in [1.165, 1.54) is 0 Å². The molecule has 1 aromatic rings. The fraction of sp³-hybridized carbons (Fsp3) is 0.600. The van der Waals surface area contributed by atoms with Crippen molar-refractivity contribution in [3.05, 3.63) is 35.9 Å². The van der Waals surface area contributed by atoms with Gasteiger partial charge in [-0.05, 0) is 18.4 Å². The van der Waals surface area contributed by atoms with Crippen molar-refractivity contribution < 1.29 is 9.84 Å². The van der Waals surface area contributed by atoms with Gasteiger partial charge >= 0.3 is 0 Å². The van der Waals surface area contributed by atoms with E-state index in [1.54, 1.807) is 0 Å². The first-order valence-electron chi connectivity index (χ1n) is 6.73. The number of aliphatic hydroxyl groups is 1. The Morgan fingerprint density at radius 2 is 2.11 bits per heavy atom. The number of aliphatic hydroxyl groups excluding tert-OH is 1. The van der Waals surface area contributed by atoms with Crippen LogP contribution in [0.2, 0.25) is 0 Å². The molecule has 0 radical (unpaired) electrons. The largest absolute Gasteiger partial charge is 0.388 e. The highest BCUT2D eigenvalue weighted by atomic mass is 16.5. The third-order valence-corrected chi connectivity index (χ3v) is 3.71. The van der Waals surface area contributed by atoms with Crippen molar-refractivity contribution in [3.63, 3.8) is 0 Å². The molecule has 3 nitrogen and oxygen atoms in total. The second-order valence-corrected chi connectivity index (χ2v) is 5.25. The number of nitrogens with zero attached hydrogens (tertiary/aromatic N) is 1. The summed E-state index contributed by atoms with van der Waals surface area (Å²) in [4.78, 5) is 2.40. The van der Waals surface area contributed by atoms with E-state index in [0.717, 1.165) is 31.9 Å². The number of hydrogen-bond acceptors (Lipinski definition) is 3. The molecular weight excluding hydrogens is 226 g/mol. The van der Waals surface area contributed by atoms with Crippen LogP contribution in [0, 0.1) is 5.92 Å². The smallest absolute Gasteiger partial charge is 0.0827 e. The molecule has 0 amide bonds. The van der Waals surface area contributed by atoms with Gasteiger partial charge in [0.1, 0.15) is 0 Å². The normalized spacial score (nSPS) is 24.7. The molecule has 3 atom stereocenters. The van der Waals surface area contributed by atoms with Crippen molar-refractivity contribution >= 4 is 0 Å². The van der Waals surface area contributed by atoms with Crippen molar-refractivity contribution in [1.29, 1.82) is 0 Å². The predicted octanol–water partition coefficient (Wildman–Crippen LogP) is 2.08. The summed E-state index contributed by atoms with van der Waals surface area (Å²) >= 11 is 0. The number of benzene rings is 1. The summed E-state index contributed by atoms with van der Waals surface area (Å²) in [6.07, 6.45) is -0.388. The molecule has 1 aliphatic heterocycles. The molecule has 0 bridgehead atoms. The average Bonchev–Trinajstić information content (AvgIpc) is 2.41. The standard InChI is InChI=1S/C15H23NO2/c1-12(10-16-8-9-18-11-13(16)2)15(17)14-6-4-3-5-7-14/h3-7,12-13,15,17H,8-11H2,1-2H3. The second kappa shape index (κ2) is 6.32. The number of morpholine rings is 1. The van der Waals surface area contributed by atoms with Gasteiger partial charge in [-0.15, -0.1) is 0 Å². The highest BCUT2D eigenvalue weighted by Gasteiger charge is 2.24. The van der Waals surface area contributed by atoms with Crippen LogP contribution in [0.3, 0.4) is 0 Å².